The highest BCUT2D eigenvalue weighted by molar-refractivity contribution is 5.89. The van der Waals surface area contributed by atoms with E-state index in [1.165, 1.54) is 18.2 Å². The summed E-state index contributed by atoms with van der Waals surface area (Å²) >= 11 is 0. The van der Waals surface area contributed by atoms with E-state index in [-0.39, 0.29) is 6.54 Å². The number of anilines is 1. The topological polar surface area (TPSA) is 61.4 Å². The molecule has 0 aliphatic heterocycles. The molecule has 0 bridgehead atoms. The van der Waals surface area contributed by atoms with Crippen LogP contribution in [0.1, 0.15) is 17.2 Å². The zero-order chi connectivity index (χ0) is 15.2. The molecule has 4 nitrogen and oxygen atoms in total. The van der Waals surface area contributed by atoms with Crippen LogP contribution >= 0.6 is 0 Å². The van der Waals surface area contributed by atoms with Gasteiger partial charge in [0.15, 0.2) is 0 Å². The first kappa shape index (κ1) is 15.0. The van der Waals surface area contributed by atoms with Gasteiger partial charge >= 0.3 is 6.03 Å². The van der Waals surface area contributed by atoms with Gasteiger partial charge < -0.3 is 15.7 Å². The fourth-order valence-corrected chi connectivity index (χ4v) is 1.83. The Kier molecular flexibility index (Phi) is 4.90. The van der Waals surface area contributed by atoms with Crippen molar-refractivity contribution in [3.05, 3.63) is 65.5 Å². The molecule has 2 aromatic rings. The van der Waals surface area contributed by atoms with Crippen molar-refractivity contribution in [1.29, 1.82) is 0 Å². The number of urea groups is 1. The minimum absolute atomic E-state index is 0.00114. The Labute approximate surface area is 122 Å². The lowest BCUT2D eigenvalue weighted by Gasteiger charge is -2.13. The van der Waals surface area contributed by atoms with Gasteiger partial charge in [-0.1, -0.05) is 29.8 Å². The van der Waals surface area contributed by atoms with E-state index in [0.29, 0.717) is 11.3 Å². The van der Waals surface area contributed by atoms with E-state index in [2.05, 4.69) is 10.6 Å². The quantitative estimate of drug-likeness (QED) is 0.810. The number of amides is 2. The first-order valence-electron chi connectivity index (χ1n) is 6.59. The Hall–Kier alpha value is -2.40. The van der Waals surface area contributed by atoms with Crippen LogP contribution in [0.4, 0.5) is 14.9 Å². The van der Waals surface area contributed by atoms with E-state index in [1.807, 2.05) is 19.1 Å². The third-order valence-electron chi connectivity index (χ3n) is 3.00. The predicted molar refractivity (Wildman–Crippen MR) is 79.6 cm³/mol. The molecule has 2 rings (SSSR count). The average molecular weight is 288 g/mol. The van der Waals surface area contributed by atoms with Gasteiger partial charge in [-0.15, -0.1) is 0 Å². The highest BCUT2D eigenvalue weighted by Crippen LogP contribution is 2.13. The minimum Gasteiger partial charge on any atom is -0.387 e. The van der Waals surface area contributed by atoms with Gasteiger partial charge in [0.1, 0.15) is 5.82 Å². The average Bonchev–Trinajstić information content (AvgIpc) is 2.47. The number of rotatable bonds is 4. The van der Waals surface area contributed by atoms with Crippen LogP contribution in [0.15, 0.2) is 48.5 Å². The molecule has 0 heterocycles. The van der Waals surface area contributed by atoms with Crippen molar-refractivity contribution in [2.24, 2.45) is 0 Å². The van der Waals surface area contributed by atoms with E-state index in [4.69, 9.17) is 0 Å². The van der Waals surface area contributed by atoms with Crippen molar-refractivity contribution >= 4 is 11.7 Å². The highest BCUT2D eigenvalue weighted by Gasteiger charge is 2.10. The lowest BCUT2D eigenvalue weighted by atomic mass is 10.1. The normalized spacial score (nSPS) is 11.8. The Balaban J connectivity index is 1.84. The molecule has 2 amide bonds. The van der Waals surface area contributed by atoms with Crippen molar-refractivity contribution in [3.63, 3.8) is 0 Å². The second kappa shape index (κ2) is 6.85. The number of hydrogen-bond acceptors (Lipinski definition) is 2. The molecule has 3 N–H and O–H groups in total. The van der Waals surface area contributed by atoms with Gasteiger partial charge in [-0.2, -0.15) is 0 Å². The van der Waals surface area contributed by atoms with Crippen molar-refractivity contribution in [2.75, 3.05) is 11.9 Å². The largest absolute Gasteiger partial charge is 0.387 e. The van der Waals surface area contributed by atoms with Gasteiger partial charge in [0.2, 0.25) is 0 Å². The second-order valence-corrected chi connectivity index (χ2v) is 4.77. The maximum atomic E-state index is 13.0. The number of benzene rings is 2. The summed E-state index contributed by atoms with van der Waals surface area (Å²) in [5.74, 6) is -0.421. The van der Waals surface area contributed by atoms with Gasteiger partial charge in [-0.25, -0.2) is 9.18 Å². The molecule has 0 spiro atoms. The zero-order valence-electron chi connectivity index (χ0n) is 11.6. The number of aliphatic hydroxyl groups is 1. The lowest BCUT2D eigenvalue weighted by Crippen LogP contribution is -2.32. The van der Waals surface area contributed by atoms with Gasteiger partial charge in [-0.05, 0) is 36.8 Å². The summed E-state index contributed by atoms with van der Waals surface area (Å²) in [5.41, 5.74) is 2.19. The highest BCUT2D eigenvalue weighted by atomic mass is 19.1. The maximum Gasteiger partial charge on any atom is 0.319 e. The molecule has 110 valence electrons. The molecule has 0 saturated carbocycles. The van der Waals surface area contributed by atoms with Crippen molar-refractivity contribution in [2.45, 2.75) is 13.0 Å². The number of aliphatic hydroxyl groups excluding tert-OH is 1. The summed E-state index contributed by atoms with van der Waals surface area (Å²) in [4.78, 5) is 11.7. The number of hydrogen-bond donors (Lipinski definition) is 3. The molecular formula is C16H17FN2O2. The number of halogens is 1. The van der Waals surface area contributed by atoms with Crippen LogP contribution in [-0.2, 0) is 0 Å². The molecule has 0 unspecified atom stereocenters. The predicted octanol–water partition coefficient (Wildman–Crippen LogP) is 2.99. The molecule has 0 saturated heterocycles. The summed E-state index contributed by atoms with van der Waals surface area (Å²) in [6, 6.07) is 12.6. The summed E-state index contributed by atoms with van der Waals surface area (Å²) in [5, 5.41) is 15.1. The third kappa shape index (κ3) is 4.57. The molecule has 0 radical (unpaired) electrons. The molecule has 5 heteroatoms. The van der Waals surface area contributed by atoms with Crippen LogP contribution in [0.2, 0.25) is 0 Å². The summed E-state index contributed by atoms with van der Waals surface area (Å²) in [7, 11) is 0. The fourth-order valence-electron chi connectivity index (χ4n) is 1.83. The SMILES string of the molecule is Cc1ccc(NC(=O)NC[C@@H](O)c2cccc(F)c2)cc1. The standard InChI is InChI=1S/C16H17FN2O2/c1-11-5-7-14(8-6-11)19-16(21)18-10-15(20)12-3-2-4-13(17)9-12/h2-9,15,20H,10H2,1H3,(H2,18,19,21)/t15-/m1/s1. The van der Waals surface area contributed by atoms with Gasteiger partial charge in [0.05, 0.1) is 6.10 Å². The summed E-state index contributed by atoms with van der Waals surface area (Å²) < 4.78 is 13.0. The number of aryl methyl sites for hydroxylation is 1. The Morgan fingerprint density at radius 3 is 2.62 bits per heavy atom. The number of carbonyl (C=O) groups excluding carboxylic acids is 1. The minimum atomic E-state index is -0.954. The number of carbonyl (C=O) groups is 1. The number of nitrogens with one attached hydrogen (secondary N) is 2. The summed E-state index contributed by atoms with van der Waals surface area (Å²) in [6.07, 6.45) is -0.954. The van der Waals surface area contributed by atoms with Crippen LogP contribution in [0.25, 0.3) is 0 Å². The van der Waals surface area contributed by atoms with Crippen LogP contribution in [0.3, 0.4) is 0 Å². The third-order valence-corrected chi connectivity index (χ3v) is 3.00. The van der Waals surface area contributed by atoms with Crippen molar-refractivity contribution < 1.29 is 14.3 Å². The Bertz CT molecular complexity index is 614. The van der Waals surface area contributed by atoms with Crippen molar-refractivity contribution in [1.82, 2.24) is 5.32 Å². The Morgan fingerprint density at radius 2 is 1.95 bits per heavy atom. The fraction of sp³-hybridized carbons (Fsp3) is 0.188. The molecule has 1 atom stereocenters. The smallest absolute Gasteiger partial charge is 0.319 e. The molecule has 0 fully saturated rings. The van der Waals surface area contributed by atoms with Gasteiger partial charge in [-0.3, -0.25) is 0 Å². The first-order valence-corrected chi connectivity index (χ1v) is 6.59. The zero-order valence-corrected chi connectivity index (χ0v) is 11.6. The molecular weight excluding hydrogens is 271 g/mol. The van der Waals surface area contributed by atoms with Crippen LogP contribution in [0.5, 0.6) is 0 Å². The monoisotopic (exact) mass is 288 g/mol. The molecule has 0 aliphatic carbocycles. The first-order chi connectivity index (χ1) is 10.0. The van der Waals surface area contributed by atoms with Gasteiger partial charge in [0.25, 0.3) is 0 Å². The molecule has 2 aromatic carbocycles. The second-order valence-electron chi connectivity index (χ2n) is 4.77. The molecule has 0 aliphatic rings. The van der Waals surface area contributed by atoms with E-state index in [1.54, 1.807) is 18.2 Å². The lowest BCUT2D eigenvalue weighted by molar-refractivity contribution is 0.174. The van der Waals surface area contributed by atoms with Crippen LogP contribution < -0.4 is 10.6 Å². The van der Waals surface area contributed by atoms with Crippen LogP contribution in [0, 0.1) is 12.7 Å². The van der Waals surface area contributed by atoms with E-state index in [0.717, 1.165) is 5.56 Å². The van der Waals surface area contributed by atoms with Crippen LogP contribution in [-0.4, -0.2) is 17.7 Å². The summed E-state index contributed by atoms with van der Waals surface area (Å²) in [6.45, 7) is 1.96. The maximum absolute atomic E-state index is 13.0. The Morgan fingerprint density at radius 1 is 1.24 bits per heavy atom. The van der Waals surface area contributed by atoms with Gasteiger partial charge in [0, 0.05) is 12.2 Å². The van der Waals surface area contributed by atoms with Crippen molar-refractivity contribution in [3.8, 4) is 0 Å². The molecule has 21 heavy (non-hydrogen) atoms. The molecule has 0 aromatic heterocycles. The van der Waals surface area contributed by atoms with E-state index < -0.39 is 18.0 Å². The van der Waals surface area contributed by atoms with E-state index >= 15 is 0 Å². The van der Waals surface area contributed by atoms with E-state index in [9.17, 15) is 14.3 Å².